The fourth-order valence-electron chi connectivity index (χ4n) is 5.01. The number of nitrogens with one attached hydrogen (secondary N) is 2. The summed E-state index contributed by atoms with van der Waals surface area (Å²) in [5, 5.41) is 5.67. The molecule has 4 amide bonds. The molecular weight excluding hydrogens is 512 g/mol. The van der Waals surface area contributed by atoms with Gasteiger partial charge in [-0.3, -0.25) is 24.1 Å². The largest absolute Gasteiger partial charge is 0.491 e. The van der Waals surface area contributed by atoms with Gasteiger partial charge in [0.25, 0.3) is 5.91 Å². The first kappa shape index (κ1) is 31.3. The van der Waals surface area contributed by atoms with Crippen LogP contribution in [-0.2, 0) is 14.4 Å². The molecule has 40 heavy (non-hydrogen) atoms. The van der Waals surface area contributed by atoms with E-state index < -0.39 is 23.9 Å². The molecule has 1 aromatic rings. The molecule has 0 aromatic heterocycles. The molecule has 11 heteroatoms. The standard InChI is InChI=1S/C29H46N6O5/c1-6-34-17-18-40-25-10-8-7-9-22(25)27(37)31-24(20-26(36)30-23(28(34)38)19-21(2)3)29(39)35-15-13-33(14-16-35)12-11-32(4)5/h7-10,21,23-24H,6,11-20H2,1-5H3,(H,30,36)(H,31,37)/t23-,24+/m1/s1. The molecule has 2 N–H and O–H groups in total. The summed E-state index contributed by atoms with van der Waals surface area (Å²) in [6.45, 7) is 11.1. The Balaban J connectivity index is 1.84. The van der Waals surface area contributed by atoms with Crippen LogP contribution in [0.1, 0.15) is 44.0 Å². The van der Waals surface area contributed by atoms with Gasteiger partial charge in [-0.1, -0.05) is 26.0 Å². The zero-order chi connectivity index (χ0) is 29.2. The molecule has 0 unspecified atom stereocenters. The Morgan fingerprint density at radius 3 is 2.40 bits per heavy atom. The van der Waals surface area contributed by atoms with E-state index in [9.17, 15) is 19.2 Å². The molecule has 0 saturated carbocycles. The lowest BCUT2D eigenvalue weighted by molar-refractivity contribution is -0.139. The lowest BCUT2D eigenvalue weighted by Gasteiger charge is -2.37. The first-order chi connectivity index (χ1) is 19.1. The highest BCUT2D eigenvalue weighted by Gasteiger charge is 2.33. The third kappa shape index (κ3) is 8.92. The molecule has 11 nitrogen and oxygen atoms in total. The van der Waals surface area contributed by atoms with Crippen LogP contribution in [0, 0.1) is 5.92 Å². The van der Waals surface area contributed by atoms with Crippen molar-refractivity contribution in [2.45, 2.75) is 45.7 Å². The Bertz CT molecular complexity index is 1020. The van der Waals surface area contributed by atoms with E-state index in [4.69, 9.17) is 4.74 Å². The van der Waals surface area contributed by atoms with Crippen LogP contribution < -0.4 is 15.4 Å². The molecule has 1 aromatic carbocycles. The molecule has 1 saturated heterocycles. The van der Waals surface area contributed by atoms with Gasteiger partial charge in [0.05, 0.1) is 18.5 Å². The van der Waals surface area contributed by atoms with Crippen LogP contribution in [0.4, 0.5) is 0 Å². The van der Waals surface area contributed by atoms with Gasteiger partial charge in [-0.05, 0) is 45.5 Å². The zero-order valence-corrected chi connectivity index (χ0v) is 24.6. The average molecular weight is 559 g/mol. The minimum Gasteiger partial charge on any atom is -0.491 e. The highest BCUT2D eigenvalue weighted by Crippen LogP contribution is 2.19. The van der Waals surface area contributed by atoms with Gasteiger partial charge >= 0.3 is 0 Å². The fourth-order valence-corrected chi connectivity index (χ4v) is 5.01. The topological polar surface area (TPSA) is 115 Å². The summed E-state index contributed by atoms with van der Waals surface area (Å²) in [5.41, 5.74) is 0.276. The Labute approximate surface area is 238 Å². The third-order valence-electron chi connectivity index (χ3n) is 7.32. The van der Waals surface area contributed by atoms with Gasteiger partial charge < -0.3 is 30.1 Å². The van der Waals surface area contributed by atoms with Gasteiger partial charge in [-0.2, -0.15) is 0 Å². The first-order valence-electron chi connectivity index (χ1n) is 14.4. The van der Waals surface area contributed by atoms with Crippen molar-refractivity contribution in [3.8, 4) is 5.75 Å². The molecule has 0 radical (unpaired) electrons. The Kier molecular flexibility index (Phi) is 11.8. The summed E-state index contributed by atoms with van der Waals surface area (Å²) in [6, 6.07) is 5.01. The SMILES string of the molecule is CCN1CCOc2ccccc2C(=O)N[C@H](C(=O)N2CCN(CCN(C)C)CC2)CC(=O)N[C@H](CC(C)C)C1=O. The molecule has 2 atom stereocenters. The van der Waals surface area contributed by atoms with Crippen LogP contribution in [0.25, 0.3) is 0 Å². The molecule has 0 bridgehead atoms. The van der Waals surface area contributed by atoms with Crippen molar-refractivity contribution < 1.29 is 23.9 Å². The van der Waals surface area contributed by atoms with E-state index in [-0.39, 0.29) is 36.3 Å². The van der Waals surface area contributed by atoms with Crippen molar-refractivity contribution in [2.24, 2.45) is 5.92 Å². The van der Waals surface area contributed by atoms with Crippen LogP contribution in [0.15, 0.2) is 24.3 Å². The predicted molar refractivity (Wildman–Crippen MR) is 153 cm³/mol. The molecule has 1 fully saturated rings. The summed E-state index contributed by atoms with van der Waals surface area (Å²) in [7, 11) is 4.06. The van der Waals surface area contributed by atoms with Crippen LogP contribution in [0.5, 0.6) is 5.75 Å². The highest BCUT2D eigenvalue weighted by molar-refractivity contribution is 6.01. The molecule has 2 heterocycles. The molecule has 2 aliphatic rings. The second-order valence-corrected chi connectivity index (χ2v) is 11.2. The second kappa shape index (κ2) is 15.0. The molecule has 0 spiro atoms. The molecule has 0 aliphatic carbocycles. The van der Waals surface area contributed by atoms with Gasteiger partial charge in [0, 0.05) is 45.8 Å². The molecule has 2 aliphatic heterocycles. The van der Waals surface area contributed by atoms with Gasteiger partial charge in [0.1, 0.15) is 24.4 Å². The first-order valence-corrected chi connectivity index (χ1v) is 14.4. The maximum absolute atomic E-state index is 13.7. The summed E-state index contributed by atoms with van der Waals surface area (Å²) in [4.78, 5) is 61.6. The smallest absolute Gasteiger partial charge is 0.255 e. The number of fused-ring (bicyclic) bond motifs is 1. The second-order valence-electron chi connectivity index (χ2n) is 11.2. The normalized spacial score (nSPS) is 21.9. The Hall–Kier alpha value is -3.18. The number of likely N-dealkylation sites (N-methyl/N-ethyl adjacent to an activating group) is 2. The number of para-hydroxylation sites is 1. The molecular formula is C29H46N6O5. The van der Waals surface area contributed by atoms with Gasteiger partial charge in [-0.15, -0.1) is 0 Å². The van der Waals surface area contributed by atoms with Crippen molar-refractivity contribution in [1.82, 2.24) is 30.2 Å². The lowest BCUT2D eigenvalue weighted by Crippen LogP contribution is -2.57. The van der Waals surface area contributed by atoms with Crippen molar-refractivity contribution in [1.29, 1.82) is 0 Å². The quantitative estimate of drug-likeness (QED) is 0.505. The average Bonchev–Trinajstić information content (AvgIpc) is 2.92. The van der Waals surface area contributed by atoms with Crippen LogP contribution in [0.2, 0.25) is 0 Å². The van der Waals surface area contributed by atoms with Crippen molar-refractivity contribution in [2.75, 3.05) is 73.1 Å². The number of hydrogen-bond donors (Lipinski definition) is 2. The van der Waals surface area contributed by atoms with Crippen molar-refractivity contribution >= 4 is 23.6 Å². The van der Waals surface area contributed by atoms with E-state index in [0.29, 0.717) is 38.3 Å². The molecule has 222 valence electrons. The van der Waals surface area contributed by atoms with Gasteiger partial charge in [0.15, 0.2) is 0 Å². The van der Waals surface area contributed by atoms with Crippen molar-refractivity contribution in [3.63, 3.8) is 0 Å². The van der Waals surface area contributed by atoms with Crippen molar-refractivity contribution in [3.05, 3.63) is 29.8 Å². The number of carbonyl (C=O) groups is 4. The number of nitrogens with zero attached hydrogens (tertiary/aromatic N) is 4. The summed E-state index contributed by atoms with van der Waals surface area (Å²) in [5.74, 6) is -0.881. The number of amides is 4. The van der Waals surface area contributed by atoms with E-state index in [0.717, 1.165) is 26.2 Å². The zero-order valence-electron chi connectivity index (χ0n) is 24.6. The number of piperazine rings is 1. The van der Waals surface area contributed by atoms with Crippen LogP contribution in [-0.4, -0.2) is 128 Å². The lowest BCUT2D eigenvalue weighted by atomic mass is 10.0. The van der Waals surface area contributed by atoms with Gasteiger partial charge in [0.2, 0.25) is 17.7 Å². The minimum absolute atomic E-state index is 0.163. The number of rotatable bonds is 7. The number of carbonyl (C=O) groups excluding carboxylic acids is 4. The van der Waals surface area contributed by atoms with Crippen LogP contribution >= 0.6 is 0 Å². The molecule has 3 rings (SSSR count). The van der Waals surface area contributed by atoms with Gasteiger partial charge in [-0.25, -0.2) is 0 Å². The maximum atomic E-state index is 13.7. The predicted octanol–water partition coefficient (Wildman–Crippen LogP) is 0.653. The maximum Gasteiger partial charge on any atom is 0.255 e. The van der Waals surface area contributed by atoms with E-state index in [1.165, 1.54) is 0 Å². The Morgan fingerprint density at radius 1 is 1.05 bits per heavy atom. The van der Waals surface area contributed by atoms with E-state index in [1.807, 2.05) is 34.9 Å². The number of benzene rings is 1. The minimum atomic E-state index is -1.08. The summed E-state index contributed by atoms with van der Waals surface area (Å²) in [6.07, 6.45) is 0.201. The Morgan fingerprint density at radius 2 is 1.75 bits per heavy atom. The van der Waals surface area contributed by atoms with E-state index in [2.05, 4.69) is 20.4 Å². The summed E-state index contributed by atoms with van der Waals surface area (Å²) < 4.78 is 5.94. The number of hydrogen-bond acceptors (Lipinski definition) is 7. The monoisotopic (exact) mass is 558 g/mol. The van der Waals surface area contributed by atoms with Crippen LogP contribution in [0.3, 0.4) is 0 Å². The summed E-state index contributed by atoms with van der Waals surface area (Å²) >= 11 is 0. The third-order valence-corrected chi connectivity index (χ3v) is 7.32. The number of ether oxygens (including phenoxy) is 1. The van der Waals surface area contributed by atoms with E-state index in [1.54, 1.807) is 34.1 Å². The van der Waals surface area contributed by atoms with E-state index >= 15 is 0 Å². The highest BCUT2D eigenvalue weighted by atomic mass is 16.5. The fraction of sp³-hybridized carbons (Fsp3) is 0.655.